The molecule has 0 radical (unpaired) electrons. The second-order valence-electron chi connectivity index (χ2n) is 4.89. The Morgan fingerprint density at radius 3 is 2.73 bits per heavy atom. The fourth-order valence-corrected chi connectivity index (χ4v) is 2.65. The molecule has 0 atom stereocenters. The predicted molar refractivity (Wildman–Crippen MR) is 86.8 cm³/mol. The fraction of sp³-hybridized carbons (Fsp3) is 0.0588. The number of aromatic amines is 1. The van der Waals surface area contributed by atoms with Gasteiger partial charge in [0.05, 0.1) is 23.1 Å². The van der Waals surface area contributed by atoms with Crippen molar-refractivity contribution in [1.82, 2.24) is 4.98 Å². The number of anilines is 1. The van der Waals surface area contributed by atoms with Crippen molar-refractivity contribution in [3.8, 4) is 6.07 Å². The van der Waals surface area contributed by atoms with Crippen LogP contribution in [-0.4, -0.2) is 10.9 Å². The molecular weight excluding hydrogens is 298 g/mol. The van der Waals surface area contributed by atoms with Gasteiger partial charge in [-0.1, -0.05) is 17.7 Å². The van der Waals surface area contributed by atoms with Crippen molar-refractivity contribution in [3.63, 3.8) is 0 Å². The van der Waals surface area contributed by atoms with Crippen LogP contribution < -0.4 is 5.32 Å². The van der Waals surface area contributed by atoms with Gasteiger partial charge in [-0.15, -0.1) is 0 Å². The van der Waals surface area contributed by atoms with Gasteiger partial charge >= 0.3 is 0 Å². The minimum Gasteiger partial charge on any atom is -0.361 e. The van der Waals surface area contributed by atoms with Crippen molar-refractivity contribution >= 4 is 34.1 Å². The lowest BCUT2D eigenvalue weighted by Crippen LogP contribution is -2.14. The van der Waals surface area contributed by atoms with Crippen LogP contribution in [0.15, 0.2) is 48.7 Å². The maximum Gasteiger partial charge on any atom is 0.228 e. The number of H-pyrrole nitrogens is 1. The molecule has 0 aliphatic rings. The number of carbonyl (C=O) groups is 1. The number of nitriles is 1. The molecule has 0 aliphatic carbocycles. The van der Waals surface area contributed by atoms with Gasteiger partial charge in [0.2, 0.25) is 5.91 Å². The van der Waals surface area contributed by atoms with E-state index in [4.69, 9.17) is 16.9 Å². The summed E-state index contributed by atoms with van der Waals surface area (Å²) in [5, 5.41) is 13.1. The Bertz CT molecular complexity index is 875. The standard InChI is InChI=1S/C17H12ClN3O/c18-14-2-1-3-15-17(14)12(10-20-15)8-16(22)21-13-6-4-11(9-19)5-7-13/h1-7,10,20H,8H2,(H,21,22). The maximum atomic E-state index is 12.2. The lowest BCUT2D eigenvalue weighted by atomic mass is 10.1. The van der Waals surface area contributed by atoms with Gasteiger partial charge in [-0.3, -0.25) is 4.79 Å². The fourth-order valence-electron chi connectivity index (χ4n) is 2.35. The third-order valence-corrected chi connectivity index (χ3v) is 3.70. The zero-order chi connectivity index (χ0) is 15.5. The van der Waals surface area contributed by atoms with Crippen molar-refractivity contribution < 1.29 is 4.79 Å². The van der Waals surface area contributed by atoms with Gasteiger partial charge in [-0.2, -0.15) is 5.26 Å². The molecule has 3 rings (SSSR count). The highest BCUT2D eigenvalue weighted by molar-refractivity contribution is 6.35. The molecule has 0 unspecified atom stereocenters. The van der Waals surface area contributed by atoms with Crippen LogP contribution in [-0.2, 0) is 11.2 Å². The van der Waals surface area contributed by atoms with Crippen LogP contribution in [0.5, 0.6) is 0 Å². The Labute approximate surface area is 132 Å². The monoisotopic (exact) mass is 309 g/mol. The van der Waals surface area contributed by atoms with Crippen LogP contribution in [0.1, 0.15) is 11.1 Å². The van der Waals surface area contributed by atoms with Crippen molar-refractivity contribution in [2.75, 3.05) is 5.32 Å². The first-order valence-corrected chi connectivity index (χ1v) is 7.09. The van der Waals surface area contributed by atoms with Gasteiger partial charge in [0, 0.05) is 22.8 Å². The number of amides is 1. The highest BCUT2D eigenvalue weighted by Crippen LogP contribution is 2.27. The summed E-state index contributed by atoms with van der Waals surface area (Å²) in [5.41, 5.74) is 2.98. The number of hydrogen-bond acceptors (Lipinski definition) is 2. The third kappa shape index (κ3) is 2.80. The maximum absolute atomic E-state index is 12.2. The summed E-state index contributed by atoms with van der Waals surface area (Å²) in [5.74, 6) is -0.134. The molecule has 3 aromatic rings. The van der Waals surface area contributed by atoms with E-state index < -0.39 is 0 Å². The van der Waals surface area contributed by atoms with E-state index in [9.17, 15) is 4.79 Å². The summed E-state index contributed by atoms with van der Waals surface area (Å²) in [4.78, 5) is 15.3. The van der Waals surface area contributed by atoms with Gasteiger partial charge in [0.1, 0.15) is 0 Å². The van der Waals surface area contributed by atoms with Crippen molar-refractivity contribution in [2.24, 2.45) is 0 Å². The van der Waals surface area contributed by atoms with Crippen molar-refractivity contribution in [2.45, 2.75) is 6.42 Å². The van der Waals surface area contributed by atoms with Gasteiger partial charge in [-0.05, 0) is 42.0 Å². The van der Waals surface area contributed by atoms with E-state index in [1.165, 1.54) is 0 Å². The van der Waals surface area contributed by atoms with Crippen LogP contribution in [0.4, 0.5) is 5.69 Å². The molecule has 2 N–H and O–H groups in total. The van der Waals surface area contributed by atoms with Gasteiger partial charge in [0.25, 0.3) is 0 Å². The van der Waals surface area contributed by atoms with E-state index in [2.05, 4.69) is 10.3 Å². The molecule has 0 saturated carbocycles. The number of nitrogens with one attached hydrogen (secondary N) is 2. The Kier molecular flexibility index (Phi) is 3.82. The van der Waals surface area contributed by atoms with E-state index in [1.807, 2.05) is 18.2 Å². The van der Waals surface area contributed by atoms with Gasteiger partial charge < -0.3 is 10.3 Å². The largest absolute Gasteiger partial charge is 0.361 e. The Morgan fingerprint density at radius 2 is 2.00 bits per heavy atom. The number of rotatable bonds is 3. The predicted octanol–water partition coefficient (Wildman–Crippen LogP) is 3.87. The van der Waals surface area contributed by atoms with Crippen LogP contribution >= 0.6 is 11.6 Å². The van der Waals surface area contributed by atoms with E-state index in [-0.39, 0.29) is 12.3 Å². The number of nitrogens with zero attached hydrogens (tertiary/aromatic N) is 1. The zero-order valence-corrected chi connectivity index (χ0v) is 12.3. The summed E-state index contributed by atoms with van der Waals surface area (Å²) in [6, 6.07) is 14.4. The number of benzene rings is 2. The number of hydrogen-bond donors (Lipinski definition) is 2. The molecule has 4 nitrogen and oxygen atoms in total. The minimum absolute atomic E-state index is 0.134. The van der Waals surface area contributed by atoms with Gasteiger partial charge in [-0.25, -0.2) is 0 Å². The molecule has 1 amide bonds. The van der Waals surface area contributed by atoms with Crippen molar-refractivity contribution in [1.29, 1.82) is 5.26 Å². The zero-order valence-electron chi connectivity index (χ0n) is 11.6. The van der Waals surface area contributed by atoms with Crippen LogP contribution in [0.25, 0.3) is 10.9 Å². The summed E-state index contributed by atoms with van der Waals surface area (Å²) in [7, 11) is 0. The number of carbonyl (C=O) groups excluding carboxylic acids is 1. The second-order valence-corrected chi connectivity index (χ2v) is 5.30. The van der Waals surface area contributed by atoms with E-state index in [1.54, 1.807) is 36.5 Å². The first kappa shape index (κ1) is 14.2. The quantitative estimate of drug-likeness (QED) is 0.771. The lowest BCUT2D eigenvalue weighted by Gasteiger charge is -2.05. The molecule has 0 spiro atoms. The van der Waals surface area contributed by atoms with Crippen molar-refractivity contribution in [3.05, 3.63) is 64.8 Å². The van der Waals surface area contributed by atoms with Crippen LogP contribution in [0, 0.1) is 11.3 Å². The third-order valence-electron chi connectivity index (χ3n) is 3.39. The van der Waals surface area contributed by atoms with Crippen LogP contribution in [0.3, 0.4) is 0 Å². The molecule has 1 aromatic heterocycles. The second kappa shape index (κ2) is 5.92. The SMILES string of the molecule is N#Cc1ccc(NC(=O)Cc2c[nH]c3cccc(Cl)c23)cc1. The normalized spacial score (nSPS) is 10.4. The van der Waals surface area contributed by atoms with E-state index in [0.717, 1.165) is 16.5 Å². The van der Waals surface area contributed by atoms with E-state index >= 15 is 0 Å². The molecule has 1 heterocycles. The molecule has 0 aliphatic heterocycles. The summed E-state index contributed by atoms with van der Waals surface area (Å²) in [6.07, 6.45) is 2.03. The molecule has 0 fully saturated rings. The summed E-state index contributed by atoms with van der Waals surface area (Å²) >= 11 is 6.20. The van der Waals surface area contributed by atoms with Gasteiger partial charge in [0.15, 0.2) is 0 Å². The minimum atomic E-state index is -0.134. The highest BCUT2D eigenvalue weighted by atomic mass is 35.5. The summed E-state index contributed by atoms with van der Waals surface area (Å²) in [6.45, 7) is 0. The Hall–Kier alpha value is -2.77. The topological polar surface area (TPSA) is 68.7 Å². The molecule has 0 saturated heterocycles. The van der Waals surface area contributed by atoms with E-state index in [0.29, 0.717) is 16.3 Å². The Balaban J connectivity index is 1.77. The number of fused-ring (bicyclic) bond motifs is 1. The molecule has 22 heavy (non-hydrogen) atoms. The molecule has 108 valence electrons. The first-order valence-electron chi connectivity index (χ1n) is 6.72. The number of aromatic nitrogens is 1. The lowest BCUT2D eigenvalue weighted by molar-refractivity contribution is -0.115. The highest BCUT2D eigenvalue weighted by Gasteiger charge is 2.11. The molecule has 2 aromatic carbocycles. The molecule has 0 bridgehead atoms. The smallest absolute Gasteiger partial charge is 0.228 e. The summed E-state index contributed by atoms with van der Waals surface area (Å²) < 4.78 is 0. The number of halogens is 1. The first-order chi connectivity index (χ1) is 10.7. The average molecular weight is 310 g/mol. The van der Waals surface area contributed by atoms with Crippen LogP contribution in [0.2, 0.25) is 5.02 Å². The molecule has 5 heteroatoms. The average Bonchev–Trinajstić information content (AvgIpc) is 2.92. The Morgan fingerprint density at radius 1 is 1.23 bits per heavy atom. The molecular formula is C17H12ClN3O.